The molecule has 18 heavy (non-hydrogen) atoms. The smallest absolute Gasteiger partial charge is 0.146 e. The van der Waals surface area contributed by atoms with Gasteiger partial charge in [-0.25, -0.2) is 9.97 Å². The summed E-state index contributed by atoms with van der Waals surface area (Å²) >= 11 is 0. The molecule has 1 atom stereocenters. The quantitative estimate of drug-likeness (QED) is 0.585. The Bertz CT molecular complexity index is 415. The first-order chi connectivity index (χ1) is 8.56. The minimum Gasteiger partial charge on any atom is -0.382 e. The molecular formula is C12H20N6. The predicted octanol–water partition coefficient (Wildman–Crippen LogP) is 0.149. The van der Waals surface area contributed by atoms with Gasteiger partial charge in [0.1, 0.15) is 17.3 Å². The van der Waals surface area contributed by atoms with Gasteiger partial charge in [0.15, 0.2) is 0 Å². The van der Waals surface area contributed by atoms with Gasteiger partial charge in [-0.15, -0.1) is 0 Å². The van der Waals surface area contributed by atoms with Gasteiger partial charge in [-0.3, -0.25) is 5.41 Å². The van der Waals surface area contributed by atoms with E-state index in [2.05, 4.69) is 26.8 Å². The van der Waals surface area contributed by atoms with Crippen molar-refractivity contribution < 1.29 is 0 Å². The molecule has 1 aromatic rings. The fourth-order valence-electron chi connectivity index (χ4n) is 2.31. The van der Waals surface area contributed by atoms with Gasteiger partial charge >= 0.3 is 0 Å². The van der Waals surface area contributed by atoms with Crippen molar-refractivity contribution in [2.24, 2.45) is 11.7 Å². The molecule has 0 spiro atoms. The van der Waals surface area contributed by atoms with E-state index in [0.29, 0.717) is 11.6 Å². The highest BCUT2D eigenvalue weighted by Gasteiger charge is 2.21. The Balaban J connectivity index is 1.96. The van der Waals surface area contributed by atoms with E-state index in [1.54, 1.807) is 12.4 Å². The molecule has 1 saturated heterocycles. The Morgan fingerprint density at radius 2 is 2.33 bits per heavy atom. The minimum atomic E-state index is -0.0471. The number of hydrogen-bond acceptors (Lipinski definition) is 5. The average Bonchev–Trinajstić information content (AvgIpc) is 2.75. The van der Waals surface area contributed by atoms with Crippen molar-refractivity contribution in [3.63, 3.8) is 0 Å². The van der Waals surface area contributed by atoms with Gasteiger partial charge in [0.2, 0.25) is 0 Å². The molecule has 0 radical (unpaired) electrons. The number of nitrogens with zero attached hydrogens (tertiary/aromatic N) is 4. The highest BCUT2D eigenvalue weighted by atomic mass is 15.2. The number of likely N-dealkylation sites (tertiary alicyclic amines) is 1. The Morgan fingerprint density at radius 3 is 2.83 bits per heavy atom. The SMILES string of the molecule is CN1CCC(CN(C)c2cnc(C(=N)N)cn2)C1. The van der Waals surface area contributed by atoms with Crippen LogP contribution in [0.15, 0.2) is 12.4 Å². The van der Waals surface area contributed by atoms with E-state index in [9.17, 15) is 0 Å². The molecule has 1 aliphatic rings. The van der Waals surface area contributed by atoms with Gasteiger partial charge < -0.3 is 15.5 Å². The molecule has 6 nitrogen and oxygen atoms in total. The monoisotopic (exact) mass is 248 g/mol. The number of anilines is 1. The van der Waals surface area contributed by atoms with Crippen molar-refractivity contribution in [3.05, 3.63) is 18.1 Å². The summed E-state index contributed by atoms with van der Waals surface area (Å²) in [5.41, 5.74) is 5.77. The Labute approximate surface area is 107 Å². The molecule has 1 aromatic heterocycles. The molecule has 3 N–H and O–H groups in total. The molecular weight excluding hydrogens is 228 g/mol. The Kier molecular flexibility index (Phi) is 3.76. The van der Waals surface area contributed by atoms with E-state index in [0.717, 1.165) is 18.9 Å². The lowest BCUT2D eigenvalue weighted by atomic mass is 10.1. The lowest BCUT2D eigenvalue weighted by Gasteiger charge is -2.21. The van der Waals surface area contributed by atoms with Gasteiger partial charge in [-0.2, -0.15) is 0 Å². The van der Waals surface area contributed by atoms with Gasteiger partial charge in [-0.05, 0) is 25.9 Å². The lowest BCUT2D eigenvalue weighted by molar-refractivity contribution is 0.395. The van der Waals surface area contributed by atoms with Crippen LogP contribution in [0.1, 0.15) is 12.1 Å². The van der Waals surface area contributed by atoms with Gasteiger partial charge in [-0.1, -0.05) is 0 Å². The number of nitrogen functional groups attached to an aromatic ring is 1. The molecule has 6 heteroatoms. The van der Waals surface area contributed by atoms with Gasteiger partial charge in [0.25, 0.3) is 0 Å². The van der Waals surface area contributed by atoms with Crippen LogP contribution in [0, 0.1) is 11.3 Å². The van der Waals surface area contributed by atoms with Crippen LogP contribution in [-0.2, 0) is 0 Å². The third kappa shape index (κ3) is 2.95. The number of nitrogens with one attached hydrogen (secondary N) is 1. The first kappa shape index (κ1) is 12.8. The first-order valence-electron chi connectivity index (χ1n) is 6.12. The van der Waals surface area contributed by atoms with Crippen LogP contribution in [0.3, 0.4) is 0 Å². The summed E-state index contributed by atoms with van der Waals surface area (Å²) in [5.74, 6) is 1.47. The van der Waals surface area contributed by atoms with Crippen molar-refractivity contribution in [2.75, 3.05) is 38.6 Å². The van der Waals surface area contributed by atoms with Gasteiger partial charge in [0.05, 0.1) is 12.4 Å². The molecule has 0 aliphatic carbocycles. The fourth-order valence-corrected chi connectivity index (χ4v) is 2.31. The average molecular weight is 248 g/mol. The zero-order chi connectivity index (χ0) is 13.1. The summed E-state index contributed by atoms with van der Waals surface area (Å²) in [6, 6.07) is 0. The second-order valence-electron chi connectivity index (χ2n) is 4.97. The van der Waals surface area contributed by atoms with E-state index in [1.165, 1.54) is 13.0 Å². The van der Waals surface area contributed by atoms with E-state index in [4.69, 9.17) is 11.1 Å². The summed E-state index contributed by atoms with van der Waals surface area (Å²) < 4.78 is 0. The summed E-state index contributed by atoms with van der Waals surface area (Å²) in [5, 5.41) is 7.27. The molecule has 0 saturated carbocycles. The highest BCUT2D eigenvalue weighted by Crippen LogP contribution is 2.17. The number of aromatic nitrogens is 2. The van der Waals surface area contributed by atoms with Gasteiger partial charge in [0, 0.05) is 20.1 Å². The van der Waals surface area contributed by atoms with Crippen molar-refractivity contribution in [1.29, 1.82) is 5.41 Å². The highest BCUT2D eigenvalue weighted by molar-refractivity contribution is 5.92. The molecule has 2 heterocycles. The summed E-state index contributed by atoms with van der Waals surface area (Å²) in [6.45, 7) is 3.30. The van der Waals surface area contributed by atoms with E-state index in [1.807, 2.05) is 7.05 Å². The van der Waals surface area contributed by atoms with Crippen LogP contribution in [0.25, 0.3) is 0 Å². The van der Waals surface area contributed by atoms with Crippen LogP contribution in [0.2, 0.25) is 0 Å². The first-order valence-corrected chi connectivity index (χ1v) is 6.12. The van der Waals surface area contributed by atoms with E-state index >= 15 is 0 Å². The van der Waals surface area contributed by atoms with Crippen LogP contribution < -0.4 is 10.6 Å². The second-order valence-corrected chi connectivity index (χ2v) is 4.97. The normalized spacial score (nSPS) is 20.0. The molecule has 0 bridgehead atoms. The van der Waals surface area contributed by atoms with Crippen LogP contribution in [0.4, 0.5) is 5.82 Å². The fraction of sp³-hybridized carbons (Fsp3) is 0.583. The minimum absolute atomic E-state index is 0.0471. The summed E-state index contributed by atoms with van der Waals surface area (Å²) in [7, 11) is 4.18. The van der Waals surface area contributed by atoms with Crippen LogP contribution in [0.5, 0.6) is 0 Å². The molecule has 1 fully saturated rings. The maximum atomic E-state index is 7.27. The largest absolute Gasteiger partial charge is 0.382 e. The Hall–Kier alpha value is -1.69. The zero-order valence-electron chi connectivity index (χ0n) is 10.9. The topological polar surface area (TPSA) is 82.1 Å². The third-order valence-corrected chi connectivity index (χ3v) is 3.33. The summed E-state index contributed by atoms with van der Waals surface area (Å²) in [6.07, 6.45) is 4.46. The molecule has 0 amide bonds. The van der Waals surface area contributed by atoms with E-state index in [-0.39, 0.29) is 5.84 Å². The molecule has 2 rings (SSSR count). The van der Waals surface area contributed by atoms with Crippen molar-refractivity contribution in [1.82, 2.24) is 14.9 Å². The predicted molar refractivity (Wildman–Crippen MR) is 71.9 cm³/mol. The maximum absolute atomic E-state index is 7.27. The maximum Gasteiger partial charge on any atom is 0.146 e. The van der Waals surface area contributed by atoms with Crippen molar-refractivity contribution in [2.45, 2.75) is 6.42 Å². The summed E-state index contributed by atoms with van der Waals surface area (Å²) in [4.78, 5) is 12.9. The van der Waals surface area contributed by atoms with Crippen molar-refractivity contribution in [3.8, 4) is 0 Å². The Morgan fingerprint density at radius 1 is 1.56 bits per heavy atom. The molecule has 0 aromatic carbocycles. The third-order valence-electron chi connectivity index (χ3n) is 3.33. The molecule has 98 valence electrons. The molecule has 1 aliphatic heterocycles. The second kappa shape index (κ2) is 5.30. The zero-order valence-corrected chi connectivity index (χ0v) is 10.9. The number of amidine groups is 1. The standard InChI is InChI=1S/C12H20N6/c1-17-4-3-9(7-17)8-18(2)11-6-15-10(5-16-11)12(13)14/h5-6,9H,3-4,7-8H2,1-2H3,(H3,13,14). The van der Waals surface area contributed by atoms with Crippen LogP contribution >= 0.6 is 0 Å². The van der Waals surface area contributed by atoms with Crippen molar-refractivity contribution >= 4 is 11.7 Å². The van der Waals surface area contributed by atoms with Crippen LogP contribution in [-0.4, -0.2) is 54.4 Å². The number of nitrogens with two attached hydrogens (primary N) is 1. The number of hydrogen-bond donors (Lipinski definition) is 2. The molecule has 1 unspecified atom stereocenters. The lowest BCUT2D eigenvalue weighted by Crippen LogP contribution is -2.28. The van der Waals surface area contributed by atoms with E-state index < -0.39 is 0 Å². The number of rotatable bonds is 4.